The monoisotopic (exact) mass is 292 g/mol. The van der Waals surface area contributed by atoms with Crippen molar-refractivity contribution in [3.8, 4) is 0 Å². The predicted molar refractivity (Wildman–Crippen MR) is 78.3 cm³/mol. The van der Waals surface area contributed by atoms with Crippen LogP contribution in [0.5, 0.6) is 0 Å². The van der Waals surface area contributed by atoms with E-state index in [9.17, 15) is 9.59 Å². The Morgan fingerprint density at radius 3 is 2.23 bits per heavy atom. The summed E-state index contributed by atoms with van der Waals surface area (Å²) in [5, 5.41) is 8.21. The number of carbonyl (C=O) groups is 2. The molecule has 2 aromatic heterocycles. The summed E-state index contributed by atoms with van der Waals surface area (Å²) in [6.07, 6.45) is 1.82. The first-order chi connectivity index (χ1) is 10.7. The zero-order valence-corrected chi connectivity index (χ0v) is 11.8. The van der Waals surface area contributed by atoms with Crippen LogP contribution in [0.1, 0.15) is 39.5 Å². The quantitative estimate of drug-likeness (QED) is 0.678. The van der Waals surface area contributed by atoms with Crippen LogP contribution in [0.25, 0.3) is 5.65 Å². The second kappa shape index (κ2) is 4.49. The summed E-state index contributed by atoms with van der Waals surface area (Å²) in [6, 6.07) is 11.9. The van der Waals surface area contributed by atoms with Crippen molar-refractivity contribution in [2.24, 2.45) is 0 Å². The molecule has 4 rings (SSSR count). The average molecular weight is 292 g/mol. The van der Waals surface area contributed by atoms with Gasteiger partial charge in [0.15, 0.2) is 11.5 Å². The van der Waals surface area contributed by atoms with Crippen LogP contribution in [0.3, 0.4) is 0 Å². The van der Waals surface area contributed by atoms with Crippen LogP contribution in [0.15, 0.2) is 48.7 Å². The maximum Gasteiger partial charge on any atom is 0.262 e. The third kappa shape index (κ3) is 1.60. The molecule has 0 bridgehead atoms. The summed E-state index contributed by atoms with van der Waals surface area (Å²) in [5.74, 6) is -0.0216. The fraction of sp³-hybridized carbons (Fsp3) is 0.125. The van der Waals surface area contributed by atoms with E-state index in [4.69, 9.17) is 0 Å². The summed E-state index contributed by atoms with van der Waals surface area (Å²) in [7, 11) is 0. The number of imide groups is 1. The Labute approximate surface area is 126 Å². The number of amides is 2. The van der Waals surface area contributed by atoms with Gasteiger partial charge in [-0.3, -0.25) is 18.9 Å². The summed E-state index contributed by atoms with van der Waals surface area (Å²) in [6.45, 7) is 1.78. The van der Waals surface area contributed by atoms with E-state index >= 15 is 0 Å². The Morgan fingerprint density at radius 1 is 0.909 bits per heavy atom. The molecule has 6 nitrogen and oxygen atoms in total. The van der Waals surface area contributed by atoms with Crippen molar-refractivity contribution in [2.45, 2.75) is 13.0 Å². The standard InChI is InChI=1S/C16H12N4O2/c1-10(14-18-17-13-8-4-5-9-19(13)14)20-15(21)11-6-2-3-7-12(11)16(20)22/h2-10H,1H3/t10-/m1/s1. The first kappa shape index (κ1) is 12.7. The molecule has 1 atom stereocenters. The third-order valence-corrected chi connectivity index (χ3v) is 3.93. The lowest BCUT2D eigenvalue weighted by atomic mass is 10.1. The lowest BCUT2D eigenvalue weighted by Gasteiger charge is -2.20. The highest BCUT2D eigenvalue weighted by molar-refractivity contribution is 6.21. The molecular weight excluding hydrogens is 280 g/mol. The third-order valence-electron chi connectivity index (χ3n) is 3.93. The van der Waals surface area contributed by atoms with Gasteiger partial charge in [-0.25, -0.2) is 0 Å². The Kier molecular flexibility index (Phi) is 2.59. The van der Waals surface area contributed by atoms with Crippen LogP contribution in [-0.4, -0.2) is 31.3 Å². The molecule has 108 valence electrons. The molecule has 2 amide bonds. The van der Waals surface area contributed by atoms with Crippen LogP contribution in [0.2, 0.25) is 0 Å². The Hall–Kier alpha value is -3.02. The SMILES string of the molecule is C[C@H](c1nnc2ccccn12)N1C(=O)c2ccccc2C1=O. The summed E-state index contributed by atoms with van der Waals surface area (Å²) in [5.41, 5.74) is 1.56. The van der Waals surface area contributed by atoms with E-state index in [1.165, 1.54) is 4.90 Å². The van der Waals surface area contributed by atoms with Crippen LogP contribution in [0.4, 0.5) is 0 Å². The van der Waals surface area contributed by atoms with Crippen LogP contribution in [-0.2, 0) is 0 Å². The minimum absolute atomic E-state index is 0.291. The van der Waals surface area contributed by atoms with E-state index in [0.717, 1.165) is 0 Å². The minimum atomic E-state index is -0.496. The van der Waals surface area contributed by atoms with E-state index in [1.807, 2.05) is 24.4 Å². The molecule has 0 spiro atoms. The van der Waals surface area contributed by atoms with Crippen molar-refractivity contribution < 1.29 is 9.59 Å². The molecule has 3 aromatic rings. The normalized spacial score (nSPS) is 15.4. The number of nitrogens with zero attached hydrogens (tertiary/aromatic N) is 4. The Bertz CT molecular complexity index is 880. The van der Waals surface area contributed by atoms with Gasteiger partial charge in [-0.05, 0) is 31.2 Å². The minimum Gasteiger partial charge on any atom is -0.285 e. The highest BCUT2D eigenvalue weighted by Gasteiger charge is 2.40. The molecular formula is C16H12N4O2. The molecule has 1 aliphatic heterocycles. The lowest BCUT2D eigenvalue weighted by molar-refractivity contribution is 0.0588. The number of rotatable bonds is 2. The second-order valence-electron chi connectivity index (χ2n) is 5.19. The first-order valence-corrected chi connectivity index (χ1v) is 6.95. The zero-order valence-electron chi connectivity index (χ0n) is 11.8. The van der Waals surface area contributed by atoms with Crippen molar-refractivity contribution in [3.05, 3.63) is 65.6 Å². The lowest BCUT2D eigenvalue weighted by Crippen LogP contribution is -2.33. The number of hydrogen-bond acceptors (Lipinski definition) is 4. The number of fused-ring (bicyclic) bond motifs is 2. The fourth-order valence-corrected chi connectivity index (χ4v) is 2.82. The van der Waals surface area contributed by atoms with Crippen molar-refractivity contribution >= 4 is 17.5 Å². The molecule has 1 aromatic carbocycles. The molecule has 6 heteroatoms. The molecule has 0 radical (unpaired) electrons. The number of carbonyl (C=O) groups excluding carboxylic acids is 2. The van der Waals surface area contributed by atoms with Gasteiger partial charge in [-0.15, -0.1) is 10.2 Å². The molecule has 3 heterocycles. The van der Waals surface area contributed by atoms with Crippen molar-refractivity contribution in [1.29, 1.82) is 0 Å². The summed E-state index contributed by atoms with van der Waals surface area (Å²) in [4.78, 5) is 26.3. The molecule has 0 saturated carbocycles. The van der Waals surface area contributed by atoms with Gasteiger partial charge in [0, 0.05) is 6.20 Å². The van der Waals surface area contributed by atoms with Gasteiger partial charge < -0.3 is 0 Å². The average Bonchev–Trinajstić information content (AvgIpc) is 3.08. The molecule has 1 aliphatic rings. The van der Waals surface area contributed by atoms with Gasteiger partial charge in [0.1, 0.15) is 0 Å². The fourth-order valence-electron chi connectivity index (χ4n) is 2.82. The second-order valence-corrected chi connectivity index (χ2v) is 5.19. The van der Waals surface area contributed by atoms with E-state index in [2.05, 4.69) is 10.2 Å². The number of aromatic nitrogens is 3. The number of hydrogen-bond donors (Lipinski definition) is 0. The van der Waals surface area contributed by atoms with Gasteiger partial charge in [0.05, 0.1) is 17.2 Å². The predicted octanol–water partition coefficient (Wildman–Crippen LogP) is 2.09. The van der Waals surface area contributed by atoms with E-state index in [0.29, 0.717) is 22.6 Å². The number of pyridine rings is 1. The highest BCUT2D eigenvalue weighted by Crippen LogP contribution is 2.30. The highest BCUT2D eigenvalue weighted by atomic mass is 16.2. The maximum atomic E-state index is 12.5. The van der Waals surface area contributed by atoms with Crippen LogP contribution >= 0.6 is 0 Å². The van der Waals surface area contributed by atoms with Gasteiger partial charge in [-0.1, -0.05) is 18.2 Å². The molecule has 0 N–H and O–H groups in total. The van der Waals surface area contributed by atoms with Gasteiger partial charge in [0.2, 0.25) is 0 Å². The van der Waals surface area contributed by atoms with Crippen LogP contribution in [0, 0.1) is 0 Å². The van der Waals surface area contributed by atoms with Crippen LogP contribution < -0.4 is 0 Å². The smallest absolute Gasteiger partial charge is 0.262 e. The van der Waals surface area contributed by atoms with Crippen molar-refractivity contribution in [1.82, 2.24) is 19.5 Å². The van der Waals surface area contributed by atoms with E-state index in [-0.39, 0.29) is 11.8 Å². The van der Waals surface area contributed by atoms with Gasteiger partial charge in [-0.2, -0.15) is 0 Å². The molecule has 0 aliphatic carbocycles. The van der Waals surface area contributed by atoms with Gasteiger partial charge in [0.25, 0.3) is 11.8 Å². The zero-order chi connectivity index (χ0) is 15.3. The summed E-state index contributed by atoms with van der Waals surface area (Å²) >= 11 is 0. The molecule has 0 fully saturated rings. The van der Waals surface area contributed by atoms with Crippen molar-refractivity contribution in [2.75, 3.05) is 0 Å². The maximum absolute atomic E-state index is 12.5. The number of benzene rings is 1. The molecule has 0 saturated heterocycles. The Morgan fingerprint density at radius 2 is 1.55 bits per heavy atom. The molecule has 22 heavy (non-hydrogen) atoms. The topological polar surface area (TPSA) is 67.6 Å². The molecule has 0 unspecified atom stereocenters. The van der Waals surface area contributed by atoms with E-state index < -0.39 is 6.04 Å². The first-order valence-electron chi connectivity index (χ1n) is 6.95. The summed E-state index contributed by atoms with van der Waals surface area (Å²) < 4.78 is 1.79. The Balaban J connectivity index is 1.80. The van der Waals surface area contributed by atoms with Gasteiger partial charge >= 0.3 is 0 Å². The van der Waals surface area contributed by atoms with Crippen molar-refractivity contribution in [3.63, 3.8) is 0 Å². The largest absolute Gasteiger partial charge is 0.285 e. The van der Waals surface area contributed by atoms with E-state index in [1.54, 1.807) is 35.6 Å².